The van der Waals surface area contributed by atoms with Crippen molar-refractivity contribution in [1.29, 1.82) is 0 Å². The van der Waals surface area contributed by atoms with Gasteiger partial charge in [0, 0.05) is 13.1 Å². The Kier molecular flexibility index (Phi) is 5.36. The molecule has 0 aliphatic rings. The third-order valence-corrected chi connectivity index (χ3v) is 1.58. The van der Waals surface area contributed by atoms with Crippen molar-refractivity contribution in [3.63, 3.8) is 0 Å². The number of aliphatic hydroxyl groups excluding tert-OH is 1. The van der Waals surface area contributed by atoms with Gasteiger partial charge in [-0.25, -0.2) is 4.90 Å². The molecule has 0 aliphatic heterocycles. The largest absolute Gasteiger partial charge is 0.395 e. The van der Waals surface area contributed by atoms with Gasteiger partial charge in [-0.15, -0.1) is 0 Å². The van der Waals surface area contributed by atoms with E-state index in [2.05, 4.69) is 0 Å². The van der Waals surface area contributed by atoms with E-state index in [-0.39, 0.29) is 13.2 Å². The maximum Gasteiger partial charge on any atom is 0.345 e. The molecule has 0 unspecified atom stereocenters. The van der Waals surface area contributed by atoms with Crippen molar-refractivity contribution in [3.8, 4) is 0 Å². The molecular weight excluding hydrogens is 162 g/mol. The van der Waals surface area contributed by atoms with Crippen molar-refractivity contribution in [2.24, 2.45) is 0 Å². The molecule has 74 valence electrons. The molecule has 0 heterocycles. The van der Waals surface area contributed by atoms with Crippen LogP contribution in [-0.4, -0.2) is 51.1 Å². The van der Waals surface area contributed by atoms with Crippen LogP contribution in [-0.2, 0) is 0 Å². The second-order valence-electron chi connectivity index (χ2n) is 2.66. The van der Waals surface area contributed by atoms with Crippen molar-refractivity contribution in [2.75, 3.05) is 19.7 Å². The number of nitrogens with zero attached hydrogens (tertiary/aromatic N) is 1. The first-order valence-electron chi connectivity index (χ1n) is 4.05. The lowest BCUT2D eigenvalue weighted by Gasteiger charge is -2.29. The van der Waals surface area contributed by atoms with Gasteiger partial charge in [0.2, 0.25) is 0 Å². The molecule has 5 heteroatoms. The van der Waals surface area contributed by atoms with Crippen LogP contribution in [0.25, 0.3) is 0 Å². The smallest absolute Gasteiger partial charge is 0.345 e. The van der Waals surface area contributed by atoms with Gasteiger partial charge in [-0.3, -0.25) is 0 Å². The summed E-state index contributed by atoms with van der Waals surface area (Å²) in [6.07, 6.45) is -1.18. The van der Waals surface area contributed by atoms with Crippen molar-refractivity contribution in [2.45, 2.75) is 25.9 Å². The third kappa shape index (κ3) is 4.63. The SMILES string of the molecule is CCCCN(CCO)C(O)(O)O. The maximum atomic E-state index is 8.76. The first kappa shape index (κ1) is 11.8. The van der Waals surface area contributed by atoms with Crippen molar-refractivity contribution in [3.05, 3.63) is 0 Å². The minimum atomic E-state index is -2.81. The van der Waals surface area contributed by atoms with E-state index in [4.69, 9.17) is 20.4 Å². The van der Waals surface area contributed by atoms with Gasteiger partial charge in [0.05, 0.1) is 6.61 Å². The Morgan fingerprint density at radius 2 is 1.75 bits per heavy atom. The standard InChI is InChI=1S/C7H17NO4/c1-2-3-4-8(5-6-9)7(10,11)12/h9-12H,2-6H2,1H3. The van der Waals surface area contributed by atoms with E-state index in [1.807, 2.05) is 6.92 Å². The monoisotopic (exact) mass is 179 g/mol. The average molecular weight is 179 g/mol. The van der Waals surface area contributed by atoms with Crippen LogP contribution < -0.4 is 0 Å². The van der Waals surface area contributed by atoms with Crippen molar-refractivity contribution in [1.82, 2.24) is 4.90 Å². The Morgan fingerprint density at radius 1 is 1.17 bits per heavy atom. The Balaban J connectivity index is 3.86. The summed E-state index contributed by atoms with van der Waals surface area (Å²) >= 11 is 0. The lowest BCUT2D eigenvalue weighted by Crippen LogP contribution is -2.50. The lowest BCUT2D eigenvalue weighted by molar-refractivity contribution is -0.394. The summed E-state index contributed by atoms with van der Waals surface area (Å²) in [7, 11) is 0. The van der Waals surface area contributed by atoms with E-state index in [1.165, 1.54) is 0 Å². The molecule has 0 aliphatic carbocycles. The minimum absolute atomic E-state index is 0.0451. The zero-order chi connectivity index (χ0) is 9.61. The van der Waals surface area contributed by atoms with Crippen LogP contribution in [0.4, 0.5) is 0 Å². The van der Waals surface area contributed by atoms with Gasteiger partial charge < -0.3 is 20.4 Å². The van der Waals surface area contributed by atoms with Crippen molar-refractivity contribution < 1.29 is 20.4 Å². The Morgan fingerprint density at radius 3 is 2.08 bits per heavy atom. The summed E-state index contributed by atoms with van der Waals surface area (Å²) in [5, 5.41) is 34.8. The Labute approximate surface area is 71.9 Å². The molecule has 0 amide bonds. The van der Waals surface area contributed by atoms with Gasteiger partial charge >= 0.3 is 6.10 Å². The fraction of sp³-hybridized carbons (Fsp3) is 1.00. The molecule has 12 heavy (non-hydrogen) atoms. The van der Waals surface area contributed by atoms with Crippen LogP contribution in [0.2, 0.25) is 0 Å². The van der Waals surface area contributed by atoms with Crippen LogP contribution in [0.15, 0.2) is 0 Å². The highest BCUT2D eigenvalue weighted by atomic mass is 16.7. The maximum absolute atomic E-state index is 8.76. The molecule has 0 rings (SSSR count). The van der Waals surface area contributed by atoms with E-state index in [0.29, 0.717) is 6.54 Å². The summed E-state index contributed by atoms with van der Waals surface area (Å²) in [5.74, 6) is 0. The predicted octanol–water partition coefficient (Wildman–Crippen LogP) is -1.33. The summed E-state index contributed by atoms with van der Waals surface area (Å²) < 4.78 is 0. The number of rotatable bonds is 6. The average Bonchev–Trinajstić information content (AvgIpc) is 1.95. The molecule has 0 bridgehead atoms. The quantitative estimate of drug-likeness (QED) is 0.380. The first-order valence-corrected chi connectivity index (χ1v) is 4.05. The molecule has 5 nitrogen and oxygen atoms in total. The Bertz CT molecular complexity index is 112. The van der Waals surface area contributed by atoms with E-state index in [0.717, 1.165) is 17.7 Å². The Hall–Kier alpha value is -0.200. The zero-order valence-corrected chi connectivity index (χ0v) is 7.27. The molecule has 0 aromatic carbocycles. The van der Waals surface area contributed by atoms with Gasteiger partial charge in [-0.1, -0.05) is 13.3 Å². The number of unbranched alkanes of at least 4 members (excludes halogenated alkanes) is 1. The molecule has 0 saturated carbocycles. The van der Waals surface area contributed by atoms with Gasteiger partial charge in [-0.05, 0) is 6.42 Å². The van der Waals surface area contributed by atoms with Crippen LogP contribution in [0.1, 0.15) is 19.8 Å². The molecule has 4 N–H and O–H groups in total. The first-order chi connectivity index (χ1) is 5.52. The summed E-state index contributed by atoms with van der Waals surface area (Å²) in [5.41, 5.74) is 0. The lowest BCUT2D eigenvalue weighted by atomic mass is 10.3. The van der Waals surface area contributed by atoms with Crippen LogP contribution in [0.5, 0.6) is 0 Å². The van der Waals surface area contributed by atoms with Crippen LogP contribution in [0, 0.1) is 0 Å². The van der Waals surface area contributed by atoms with E-state index >= 15 is 0 Å². The fourth-order valence-corrected chi connectivity index (χ4v) is 0.881. The normalized spacial score (nSPS) is 12.5. The van der Waals surface area contributed by atoms with E-state index in [1.54, 1.807) is 0 Å². The highest BCUT2D eigenvalue weighted by Crippen LogP contribution is 2.05. The highest BCUT2D eigenvalue weighted by molar-refractivity contribution is 4.57. The number of aliphatic hydroxyl groups is 4. The summed E-state index contributed by atoms with van der Waals surface area (Å²) in [4.78, 5) is 0.997. The van der Waals surface area contributed by atoms with Crippen LogP contribution >= 0.6 is 0 Å². The molecule has 0 atom stereocenters. The number of hydrogen-bond acceptors (Lipinski definition) is 5. The van der Waals surface area contributed by atoms with E-state index in [9.17, 15) is 0 Å². The highest BCUT2D eigenvalue weighted by Gasteiger charge is 2.27. The molecule has 0 spiro atoms. The summed E-state index contributed by atoms with van der Waals surface area (Å²) in [6.45, 7) is 2.13. The predicted molar refractivity (Wildman–Crippen MR) is 43.0 cm³/mol. The summed E-state index contributed by atoms with van der Waals surface area (Å²) in [6, 6.07) is 0. The molecular formula is C7H17NO4. The van der Waals surface area contributed by atoms with Gasteiger partial charge in [0.1, 0.15) is 0 Å². The molecule has 0 fully saturated rings. The molecule has 0 aromatic rings. The topological polar surface area (TPSA) is 84.2 Å². The zero-order valence-electron chi connectivity index (χ0n) is 7.27. The minimum Gasteiger partial charge on any atom is -0.395 e. The van der Waals surface area contributed by atoms with Gasteiger partial charge in [0.25, 0.3) is 0 Å². The van der Waals surface area contributed by atoms with Crippen LogP contribution in [0.3, 0.4) is 0 Å². The molecule has 0 saturated heterocycles. The number of hydrogen-bond donors (Lipinski definition) is 4. The van der Waals surface area contributed by atoms with E-state index < -0.39 is 6.10 Å². The molecule has 0 radical (unpaired) electrons. The second-order valence-corrected chi connectivity index (χ2v) is 2.66. The molecule has 0 aromatic heterocycles. The second kappa shape index (κ2) is 5.45. The van der Waals surface area contributed by atoms with Gasteiger partial charge in [-0.2, -0.15) is 0 Å². The third-order valence-electron chi connectivity index (χ3n) is 1.58. The van der Waals surface area contributed by atoms with Gasteiger partial charge in [0.15, 0.2) is 0 Å². The fourth-order valence-electron chi connectivity index (χ4n) is 0.881. The van der Waals surface area contributed by atoms with Crippen molar-refractivity contribution >= 4 is 0 Å².